The zero-order valence-corrected chi connectivity index (χ0v) is 14.8. The van der Waals surface area contributed by atoms with Gasteiger partial charge in [0.1, 0.15) is 5.82 Å². The highest BCUT2D eigenvalue weighted by Crippen LogP contribution is 2.27. The molecule has 2 aromatic carbocycles. The molecule has 4 heteroatoms. The molecule has 132 valence electrons. The highest BCUT2D eigenvalue weighted by molar-refractivity contribution is 5.79. The van der Waals surface area contributed by atoms with Gasteiger partial charge in [-0.3, -0.25) is 4.79 Å². The molecule has 1 heterocycles. The van der Waals surface area contributed by atoms with Crippen molar-refractivity contribution in [1.82, 2.24) is 10.2 Å². The number of carbonyl (C=O) groups is 1. The Kier molecular flexibility index (Phi) is 5.49. The maximum atomic E-state index is 13.7. The van der Waals surface area contributed by atoms with Crippen LogP contribution in [0, 0.1) is 11.7 Å². The average Bonchev–Trinajstić information content (AvgIpc) is 3.13. The molecule has 0 saturated carbocycles. The molecule has 1 amide bonds. The molecule has 0 unspecified atom stereocenters. The van der Waals surface area contributed by atoms with Crippen molar-refractivity contribution in [2.45, 2.75) is 32.9 Å². The summed E-state index contributed by atoms with van der Waals surface area (Å²) in [5.41, 5.74) is 2.88. The number of hydrogen-bond donors (Lipinski definition) is 1. The summed E-state index contributed by atoms with van der Waals surface area (Å²) in [4.78, 5) is 14.8. The Morgan fingerprint density at radius 2 is 2.04 bits per heavy atom. The van der Waals surface area contributed by atoms with E-state index in [0.29, 0.717) is 6.54 Å². The molecule has 1 aliphatic heterocycles. The van der Waals surface area contributed by atoms with Crippen LogP contribution in [0.4, 0.5) is 4.39 Å². The Labute approximate surface area is 148 Å². The minimum absolute atomic E-state index is 0.0399. The molecule has 1 aliphatic rings. The summed E-state index contributed by atoms with van der Waals surface area (Å²) < 4.78 is 13.7. The zero-order valence-electron chi connectivity index (χ0n) is 14.8. The van der Waals surface area contributed by atoms with Crippen molar-refractivity contribution in [2.24, 2.45) is 5.92 Å². The molecule has 0 aromatic heterocycles. The van der Waals surface area contributed by atoms with Crippen LogP contribution in [-0.2, 0) is 11.3 Å². The normalized spacial score (nSPS) is 17.0. The Hall–Kier alpha value is -2.20. The van der Waals surface area contributed by atoms with Crippen LogP contribution in [0.25, 0.3) is 11.1 Å². The van der Waals surface area contributed by atoms with Gasteiger partial charge in [0, 0.05) is 25.0 Å². The Morgan fingerprint density at radius 1 is 1.24 bits per heavy atom. The summed E-state index contributed by atoms with van der Waals surface area (Å²) in [6, 6.07) is 14.8. The lowest BCUT2D eigenvalue weighted by atomic mass is 9.98. The van der Waals surface area contributed by atoms with Crippen molar-refractivity contribution < 1.29 is 9.18 Å². The lowest BCUT2D eigenvalue weighted by molar-refractivity contribution is -0.137. The number of carbonyl (C=O) groups excluding carboxylic acids is 1. The second kappa shape index (κ2) is 7.79. The maximum Gasteiger partial charge on any atom is 0.225 e. The van der Waals surface area contributed by atoms with E-state index >= 15 is 0 Å². The van der Waals surface area contributed by atoms with E-state index in [0.717, 1.165) is 36.2 Å². The lowest BCUT2D eigenvalue weighted by Crippen LogP contribution is -2.43. The van der Waals surface area contributed by atoms with Crippen molar-refractivity contribution >= 4 is 5.91 Å². The lowest BCUT2D eigenvalue weighted by Gasteiger charge is -2.31. The standard InChI is InChI=1S/C21H25FN2O/c1-15(2)21(25)24(19-10-11-23-13-19)14-17-6-3-4-9-20(17)16-7-5-8-18(22)12-16/h3-9,12,15,19,23H,10-11,13-14H2,1-2H3/t19-/m0/s1. The van der Waals surface area contributed by atoms with E-state index in [1.54, 1.807) is 12.1 Å². The number of nitrogens with one attached hydrogen (secondary N) is 1. The summed E-state index contributed by atoms with van der Waals surface area (Å²) in [5, 5.41) is 3.34. The predicted octanol–water partition coefficient (Wildman–Crippen LogP) is 3.84. The fourth-order valence-corrected chi connectivity index (χ4v) is 3.40. The number of benzene rings is 2. The van der Waals surface area contributed by atoms with Gasteiger partial charge in [0.15, 0.2) is 0 Å². The van der Waals surface area contributed by atoms with Crippen LogP contribution < -0.4 is 5.32 Å². The second-order valence-electron chi connectivity index (χ2n) is 6.93. The van der Waals surface area contributed by atoms with Gasteiger partial charge in [0.25, 0.3) is 0 Å². The van der Waals surface area contributed by atoms with Gasteiger partial charge >= 0.3 is 0 Å². The first-order chi connectivity index (χ1) is 12.1. The summed E-state index contributed by atoms with van der Waals surface area (Å²) in [6.45, 7) is 6.21. The van der Waals surface area contributed by atoms with E-state index in [2.05, 4.69) is 5.32 Å². The van der Waals surface area contributed by atoms with E-state index in [9.17, 15) is 9.18 Å². The van der Waals surface area contributed by atoms with E-state index < -0.39 is 0 Å². The van der Waals surface area contributed by atoms with Crippen LogP contribution in [0.2, 0.25) is 0 Å². The number of halogens is 1. The monoisotopic (exact) mass is 340 g/mol. The predicted molar refractivity (Wildman–Crippen MR) is 98.5 cm³/mol. The van der Waals surface area contributed by atoms with E-state index in [4.69, 9.17) is 0 Å². The van der Waals surface area contributed by atoms with Gasteiger partial charge in [-0.25, -0.2) is 4.39 Å². The molecular weight excluding hydrogens is 315 g/mol. The topological polar surface area (TPSA) is 32.3 Å². The first kappa shape index (κ1) is 17.6. The Bertz CT molecular complexity index is 738. The van der Waals surface area contributed by atoms with Crippen molar-refractivity contribution in [2.75, 3.05) is 13.1 Å². The van der Waals surface area contributed by atoms with Gasteiger partial charge < -0.3 is 10.2 Å². The van der Waals surface area contributed by atoms with Gasteiger partial charge in [-0.2, -0.15) is 0 Å². The molecule has 25 heavy (non-hydrogen) atoms. The minimum Gasteiger partial charge on any atom is -0.334 e. The molecule has 3 rings (SSSR count). The number of nitrogens with zero attached hydrogens (tertiary/aromatic N) is 1. The third-order valence-electron chi connectivity index (χ3n) is 4.75. The van der Waals surface area contributed by atoms with Gasteiger partial charge in [0.05, 0.1) is 0 Å². The third-order valence-corrected chi connectivity index (χ3v) is 4.75. The highest BCUT2D eigenvalue weighted by Gasteiger charge is 2.28. The van der Waals surface area contributed by atoms with Gasteiger partial charge in [-0.1, -0.05) is 50.2 Å². The van der Waals surface area contributed by atoms with Crippen LogP contribution in [0.15, 0.2) is 48.5 Å². The maximum absolute atomic E-state index is 13.7. The van der Waals surface area contributed by atoms with Crippen molar-refractivity contribution in [3.63, 3.8) is 0 Å². The molecule has 2 aromatic rings. The van der Waals surface area contributed by atoms with E-state index in [1.807, 2.05) is 49.1 Å². The SMILES string of the molecule is CC(C)C(=O)N(Cc1ccccc1-c1cccc(F)c1)[C@H]1CCNC1. The molecule has 0 bridgehead atoms. The van der Waals surface area contributed by atoms with Crippen molar-refractivity contribution in [1.29, 1.82) is 0 Å². The summed E-state index contributed by atoms with van der Waals surface area (Å²) in [6.07, 6.45) is 0.973. The van der Waals surface area contributed by atoms with E-state index in [-0.39, 0.29) is 23.7 Å². The first-order valence-corrected chi connectivity index (χ1v) is 8.91. The molecule has 1 atom stereocenters. The smallest absolute Gasteiger partial charge is 0.225 e. The summed E-state index contributed by atoms with van der Waals surface area (Å²) >= 11 is 0. The molecular formula is C21H25FN2O. The average molecular weight is 340 g/mol. The second-order valence-corrected chi connectivity index (χ2v) is 6.93. The third kappa shape index (κ3) is 4.07. The fraction of sp³-hybridized carbons (Fsp3) is 0.381. The highest BCUT2D eigenvalue weighted by atomic mass is 19.1. The van der Waals surface area contributed by atoms with Crippen molar-refractivity contribution in [3.8, 4) is 11.1 Å². The quantitative estimate of drug-likeness (QED) is 0.897. The summed E-state index contributed by atoms with van der Waals surface area (Å²) in [7, 11) is 0. The van der Waals surface area contributed by atoms with Gasteiger partial charge in [-0.15, -0.1) is 0 Å². The fourth-order valence-electron chi connectivity index (χ4n) is 3.40. The number of rotatable bonds is 5. The Balaban J connectivity index is 1.93. The largest absolute Gasteiger partial charge is 0.334 e. The minimum atomic E-state index is -0.248. The molecule has 0 spiro atoms. The zero-order chi connectivity index (χ0) is 17.8. The molecule has 1 fully saturated rings. The van der Waals surface area contributed by atoms with E-state index in [1.165, 1.54) is 6.07 Å². The van der Waals surface area contributed by atoms with Crippen LogP contribution in [0.5, 0.6) is 0 Å². The first-order valence-electron chi connectivity index (χ1n) is 8.91. The van der Waals surface area contributed by atoms with Gasteiger partial charge in [0.2, 0.25) is 5.91 Å². The van der Waals surface area contributed by atoms with Crippen LogP contribution in [0.1, 0.15) is 25.8 Å². The van der Waals surface area contributed by atoms with Crippen LogP contribution in [0.3, 0.4) is 0 Å². The van der Waals surface area contributed by atoms with Crippen molar-refractivity contribution in [3.05, 3.63) is 59.9 Å². The molecule has 3 nitrogen and oxygen atoms in total. The van der Waals surface area contributed by atoms with Crippen LogP contribution in [-0.4, -0.2) is 29.9 Å². The molecule has 0 aliphatic carbocycles. The molecule has 0 radical (unpaired) electrons. The number of hydrogen-bond acceptors (Lipinski definition) is 2. The molecule has 1 N–H and O–H groups in total. The van der Waals surface area contributed by atoms with Crippen LogP contribution >= 0.6 is 0 Å². The Morgan fingerprint density at radius 3 is 2.72 bits per heavy atom. The molecule has 1 saturated heterocycles. The van der Waals surface area contributed by atoms with Gasteiger partial charge in [-0.05, 0) is 41.8 Å². The number of amides is 1. The summed E-state index contributed by atoms with van der Waals surface area (Å²) in [5.74, 6) is -0.118.